The molecule has 82 valence electrons. The summed E-state index contributed by atoms with van der Waals surface area (Å²) in [7, 11) is 0. The van der Waals surface area contributed by atoms with E-state index in [1.54, 1.807) is 6.07 Å². The van der Waals surface area contributed by atoms with Crippen LogP contribution in [0.4, 0.5) is 0 Å². The Labute approximate surface area is 94.1 Å². The van der Waals surface area contributed by atoms with Crippen molar-refractivity contribution in [1.29, 1.82) is 0 Å². The molecule has 0 saturated heterocycles. The van der Waals surface area contributed by atoms with Gasteiger partial charge in [-0.25, -0.2) is 4.98 Å². The van der Waals surface area contributed by atoms with Crippen LogP contribution in [0.15, 0.2) is 12.3 Å². The summed E-state index contributed by atoms with van der Waals surface area (Å²) in [6.45, 7) is 5.57. The summed E-state index contributed by atoms with van der Waals surface area (Å²) in [6.07, 6.45) is 1.54. The molecule has 1 unspecified atom stereocenters. The second kappa shape index (κ2) is 4.62. The predicted octanol–water partition coefficient (Wildman–Crippen LogP) is 2.87. The van der Waals surface area contributed by atoms with E-state index in [9.17, 15) is 4.79 Å². The van der Waals surface area contributed by atoms with Gasteiger partial charge in [0.2, 0.25) is 0 Å². The Kier molecular flexibility index (Phi) is 3.69. The molecule has 0 saturated carbocycles. The van der Waals surface area contributed by atoms with Gasteiger partial charge in [0, 0.05) is 6.20 Å². The largest absolute Gasteiger partial charge is 0.481 e. The van der Waals surface area contributed by atoms with Gasteiger partial charge in [-0.05, 0) is 24.0 Å². The number of carboxylic acids is 1. The lowest BCUT2D eigenvalue weighted by molar-refractivity contribution is -0.139. The maximum Gasteiger partial charge on any atom is 0.311 e. The number of nitrogens with zero attached hydrogens (tertiary/aromatic N) is 1. The molecule has 1 heterocycles. The van der Waals surface area contributed by atoms with Crippen molar-refractivity contribution in [3.63, 3.8) is 0 Å². The van der Waals surface area contributed by atoms with Crippen LogP contribution in [0.2, 0.25) is 5.15 Å². The zero-order chi connectivity index (χ0) is 11.6. The highest BCUT2D eigenvalue weighted by Gasteiger charge is 2.24. The molecule has 0 aliphatic heterocycles. The number of hydrogen-bond donors (Lipinski definition) is 1. The summed E-state index contributed by atoms with van der Waals surface area (Å²) in [4.78, 5) is 15.0. The van der Waals surface area contributed by atoms with Gasteiger partial charge in [-0.15, -0.1) is 0 Å². The van der Waals surface area contributed by atoms with Crippen molar-refractivity contribution in [1.82, 2.24) is 4.98 Å². The van der Waals surface area contributed by atoms with Gasteiger partial charge in [0.25, 0.3) is 0 Å². The van der Waals surface area contributed by atoms with Crippen molar-refractivity contribution in [3.05, 3.63) is 28.5 Å². The smallest absolute Gasteiger partial charge is 0.311 e. The minimum Gasteiger partial charge on any atom is -0.481 e. The maximum atomic E-state index is 11.1. The zero-order valence-electron chi connectivity index (χ0n) is 8.99. The topological polar surface area (TPSA) is 50.2 Å². The Bertz CT molecular complexity index is 377. The Morgan fingerprint density at radius 1 is 1.53 bits per heavy atom. The van der Waals surface area contributed by atoms with E-state index in [0.717, 1.165) is 5.56 Å². The molecule has 0 fully saturated rings. The highest BCUT2D eigenvalue weighted by Crippen LogP contribution is 2.26. The third kappa shape index (κ3) is 2.69. The fourth-order valence-electron chi connectivity index (χ4n) is 1.56. The lowest BCUT2D eigenvalue weighted by Gasteiger charge is -2.16. The Balaban J connectivity index is 3.12. The molecule has 0 aliphatic rings. The van der Waals surface area contributed by atoms with Crippen LogP contribution in [-0.2, 0) is 4.79 Å². The van der Waals surface area contributed by atoms with Crippen LogP contribution in [-0.4, -0.2) is 16.1 Å². The number of carboxylic acid groups (broad SMARTS) is 1. The number of carbonyl (C=O) groups is 1. The minimum absolute atomic E-state index is 0.0323. The molecule has 1 aromatic heterocycles. The van der Waals surface area contributed by atoms with Gasteiger partial charge in [0.05, 0.1) is 5.92 Å². The van der Waals surface area contributed by atoms with Crippen LogP contribution in [0, 0.1) is 12.8 Å². The average Bonchev–Trinajstić information content (AvgIpc) is 2.10. The second-order valence-electron chi connectivity index (χ2n) is 3.94. The van der Waals surface area contributed by atoms with Crippen molar-refractivity contribution in [2.75, 3.05) is 0 Å². The quantitative estimate of drug-likeness (QED) is 0.808. The van der Waals surface area contributed by atoms with Crippen molar-refractivity contribution >= 4 is 17.6 Å². The Morgan fingerprint density at radius 2 is 2.13 bits per heavy atom. The van der Waals surface area contributed by atoms with Crippen molar-refractivity contribution < 1.29 is 9.90 Å². The first-order valence-corrected chi connectivity index (χ1v) is 5.16. The van der Waals surface area contributed by atoms with Crippen molar-refractivity contribution in [2.24, 2.45) is 5.92 Å². The first-order valence-electron chi connectivity index (χ1n) is 4.78. The standard InChI is InChI=1S/C11H14ClNO2/c1-6(2)9(11(14)15)8-4-7(3)10(12)13-5-8/h4-6,9H,1-3H3,(H,14,15). The second-order valence-corrected chi connectivity index (χ2v) is 4.29. The number of halogens is 1. The van der Waals surface area contributed by atoms with Crippen LogP contribution in [0.5, 0.6) is 0 Å². The summed E-state index contributed by atoms with van der Waals surface area (Å²) in [5.74, 6) is -1.31. The highest BCUT2D eigenvalue weighted by atomic mass is 35.5. The van der Waals surface area contributed by atoms with E-state index in [2.05, 4.69) is 4.98 Å². The first-order chi connectivity index (χ1) is 6.93. The molecule has 1 rings (SSSR count). The molecule has 0 amide bonds. The summed E-state index contributed by atoms with van der Waals surface area (Å²) < 4.78 is 0. The fourth-order valence-corrected chi connectivity index (χ4v) is 1.67. The van der Waals surface area contributed by atoms with E-state index < -0.39 is 11.9 Å². The number of aromatic nitrogens is 1. The molecule has 0 aromatic carbocycles. The first kappa shape index (κ1) is 12.0. The van der Waals surface area contributed by atoms with E-state index in [-0.39, 0.29) is 5.92 Å². The van der Waals surface area contributed by atoms with Crippen molar-refractivity contribution in [3.8, 4) is 0 Å². The number of aryl methyl sites for hydroxylation is 1. The SMILES string of the molecule is Cc1cc(C(C(=O)O)C(C)C)cnc1Cl. The Morgan fingerprint density at radius 3 is 2.53 bits per heavy atom. The van der Waals surface area contributed by atoms with Crippen LogP contribution < -0.4 is 0 Å². The molecular formula is C11H14ClNO2. The zero-order valence-corrected chi connectivity index (χ0v) is 9.75. The maximum absolute atomic E-state index is 11.1. The highest BCUT2D eigenvalue weighted by molar-refractivity contribution is 6.30. The minimum atomic E-state index is -0.825. The molecule has 1 atom stereocenters. The summed E-state index contributed by atoms with van der Waals surface area (Å²) in [6, 6.07) is 1.79. The molecule has 3 nitrogen and oxygen atoms in total. The molecule has 1 N–H and O–H groups in total. The normalized spacial score (nSPS) is 12.9. The van der Waals surface area contributed by atoms with E-state index in [1.165, 1.54) is 6.20 Å². The van der Waals surface area contributed by atoms with Gasteiger partial charge in [-0.2, -0.15) is 0 Å². The van der Waals surface area contributed by atoms with Crippen LogP contribution >= 0.6 is 11.6 Å². The number of hydrogen-bond acceptors (Lipinski definition) is 2. The van der Waals surface area contributed by atoms with Crippen LogP contribution in [0.3, 0.4) is 0 Å². The summed E-state index contributed by atoms with van der Waals surface area (Å²) in [5.41, 5.74) is 1.51. The van der Waals surface area contributed by atoms with Crippen molar-refractivity contribution in [2.45, 2.75) is 26.7 Å². The Hall–Kier alpha value is -1.09. The molecule has 0 radical (unpaired) electrons. The van der Waals surface area contributed by atoms with Crippen LogP contribution in [0.1, 0.15) is 30.9 Å². The van der Waals surface area contributed by atoms with Gasteiger partial charge in [-0.1, -0.05) is 31.5 Å². The van der Waals surface area contributed by atoms with Gasteiger partial charge in [-0.3, -0.25) is 4.79 Å². The van der Waals surface area contributed by atoms with Gasteiger partial charge < -0.3 is 5.11 Å². The van der Waals surface area contributed by atoms with E-state index in [0.29, 0.717) is 10.7 Å². The number of aliphatic carboxylic acids is 1. The molecular weight excluding hydrogens is 214 g/mol. The molecule has 0 aliphatic carbocycles. The molecule has 15 heavy (non-hydrogen) atoms. The number of pyridine rings is 1. The molecule has 0 spiro atoms. The molecule has 1 aromatic rings. The lowest BCUT2D eigenvalue weighted by atomic mass is 9.89. The molecule has 4 heteroatoms. The van der Waals surface area contributed by atoms with E-state index in [1.807, 2.05) is 20.8 Å². The number of rotatable bonds is 3. The van der Waals surface area contributed by atoms with Gasteiger partial charge in [0.15, 0.2) is 0 Å². The fraction of sp³-hybridized carbons (Fsp3) is 0.455. The third-order valence-corrected chi connectivity index (χ3v) is 2.72. The van der Waals surface area contributed by atoms with Crippen LogP contribution in [0.25, 0.3) is 0 Å². The predicted molar refractivity (Wildman–Crippen MR) is 59.2 cm³/mol. The molecule has 0 bridgehead atoms. The van der Waals surface area contributed by atoms with E-state index in [4.69, 9.17) is 16.7 Å². The van der Waals surface area contributed by atoms with Gasteiger partial charge >= 0.3 is 5.97 Å². The monoisotopic (exact) mass is 227 g/mol. The van der Waals surface area contributed by atoms with Gasteiger partial charge in [0.1, 0.15) is 5.15 Å². The lowest BCUT2D eigenvalue weighted by Crippen LogP contribution is -2.17. The van der Waals surface area contributed by atoms with E-state index >= 15 is 0 Å². The summed E-state index contributed by atoms with van der Waals surface area (Å²) in [5, 5.41) is 9.52. The summed E-state index contributed by atoms with van der Waals surface area (Å²) >= 11 is 5.79. The average molecular weight is 228 g/mol. The third-order valence-electron chi connectivity index (χ3n) is 2.33.